The Bertz CT molecular complexity index is 896. The summed E-state index contributed by atoms with van der Waals surface area (Å²) in [6.07, 6.45) is 4.74. The lowest BCUT2D eigenvalue weighted by atomic mass is 10.1. The van der Waals surface area contributed by atoms with Gasteiger partial charge in [-0.05, 0) is 54.4 Å². The van der Waals surface area contributed by atoms with Crippen LogP contribution < -0.4 is 16.8 Å². The van der Waals surface area contributed by atoms with Crippen molar-refractivity contribution in [1.29, 1.82) is 0 Å². The third-order valence-corrected chi connectivity index (χ3v) is 3.94. The molecule has 0 radical (unpaired) electrons. The Hall–Kier alpha value is -3.12. The van der Waals surface area contributed by atoms with Crippen molar-refractivity contribution in [2.24, 2.45) is 16.5 Å². The van der Waals surface area contributed by atoms with Crippen molar-refractivity contribution in [2.45, 2.75) is 12.8 Å². The second-order valence-electron chi connectivity index (χ2n) is 5.83. The van der Waals surface area contributed by atoms with E-state index in [4.69, 9.17) is 11.5 Å². The van der Waals surface area contributed by atoms with E-state index in [1.165, 1.54) is 10.9 Å². The van der Waals surface area contributed by atoms with Crippen LogP contribution in [0.1, 0.15) is 11.1 Å². The zero-order chi connectivity index (χ0) is 17.6. The number of H-pyrrole nitrogens is 1. The number of carbonyl (C=O) groups is 1. The van der Waals surface area contributed by atoms with Gasteiger partial charge in [0.1, 0.15) is 0 Å². The number of aliphatic imine (C=N–C) groups is 1. The number of aromatic amines is 1. The first-order chi connectivity index (χ1) is 12.2. The maximum Gasteiger partial charge on any atom is 0.221 e. The average Bonchev–Trinajstić information content (AvgIpc) is 2.99. The van der Waals surface area contributed by atoms with Crippen molar-refractivity contribution in [1.82, 2.24) is 4.98 Å². The third kappa shape index (κ3) is 4.24. The first kappa shape index (κ1) is 16.7. The first-order valence-electron chi connectivity index (χ1n) is 8.12. The molecule has 0 unspecified atom stereocenters. The molecule has 3 aromatic rings. The highest BCUT2D eigenvalue weighted by molar-refractivity contribution is 5.89. The molecule has 0 aliphatic heterocycles. The largest absolute Gasteiger partial charge is 0.369 e. The van der Waals surface area contributed by atoms with Crippen LogP contribution in [0.15, 0.2) is 53.7 Å². The van der Waals surface area contributed by atoms with Crippen molar-refractivity contribution < 1.29 is 4.79 Å². The number of carbonyl (C=O) groups excluding carboxylic acids is 1. The molecule has 6 heteroatoms. The van der Waals surface area contributed by atoms with E-state index < -0.39 is 0 Å². The van der Waals surface area contributed by atoms with Gasteiger partial charge in [-0.2, -0.15) is 0 Å². The molecule has 0 fully saturated rings. The fourth-order valence-electron chi connectivity index (χ4n) is 2.71. The molecule has 0 aliphatic rings. The van der Waals surface area contributed by atoms with E-state index in [1.807, 2.05) is 42.6 Å². The van der Waals surface area contributed by atoms with E-state index in [-0.39, 0.29) is 12.3 Å². The molecule has 25 heavy (non-hydrogen) atoms. The summed E-state index contributed by atoms with van der Waals surface area (Å²) in [7, 11) is 0. The van der Waals surface area contributed by atoms with Crippen LogP contribution in [-0.2, 0) is 17.6 Å². The molecule has 0 bridgehead atoms. The fraction of sp³-hybridized carbons (Fsp3) is 0.158. The van der Waals surface area contributed by atoms with Gasteiger partial charge in [0, 0.05) is 22.8 Å². The summed E-state index contributed by atoms with van der Waals surface area (Å²) in [5, 5.41) is 4.35. The minimum Gasteiger partial charge on any atom is -0.369 e. The molecule has 0 atom stereocenters. The van der Waals surface area contributed by atoms with Crippen molar-refractivity contribution in [2.75, 3.05) is 11.9 Å². The monoisotopic (exact) mass is 335 g/mol. The van der Waals surface area contributed by atoms with Crippen LogP contribution >= 0.6 is 0 Å². The van der Waals surface area contributed by atoms with E-state index in [9.17, 15) is 4.79 Å². The maximum absolute atomic E-state index is 10.9. The summed E-state index contributed by atoms with van der Waals surface area (Å²) in [5.74, 6) is -0.341. The average molecular weight is 335 g/mol. The van der Waals surface area contributed by atoms with Crippen LogP contribution in [-0.4, -0.2) is 23.8 Å². The predicted octanol–water partition coefficient (Wildman–Crippen LogP) is 2.47. The molecule has 0 aliphatic carbocycles. The summed E-state index contributed by atoms with van der Waals surface area (Å²) >= 11 is 0. The number of nitrogens with two attached hydrogens (primary N) is 2. The second kappa shape index (κ2) is 7.63. The third-order valence-electron chi connectivity index (χ3n) is 3.94. The van der Waals surface area contributed by atoms with Gasteiger partial charge in [0.05, 0.1) is 18.4 Å². The van der Waals surface area contributed by atoms with Gasteiger partial charge < -0.3 is 21.8 Å². The molecule has 1 heterocycles. The zero-order valence-electron chi connectivity index (χ0n) is 13.8. The van der Waals surface area contributed by atoms with Gasteiger partial charge in [0.25, 0.3) is 0 Å². The topological polar surface area (TPSA) is 109 Å². The molecule has 0 saturated heterocycles. The molecule has 0 saturated carbocycles. The van der Waals surface area contributed by atoms with E-state index in [2.05, 4.69) is 21.4 Å². The Morgan fingerprint density at radius 1 is 1.20 bits per heavy atom. The van der Waals surface area contributed by atoms with Gasteiger partial charge in [-0.3, -0.25) is 4.79 Å². The van der Waals surface area contributed by atoms with Crippen LogP contribution in [0.2, 0.25) is 0 Å². The lowest BCUT2D eigenvalue weighted by molar-refractivity contribution is -0.117. The van der Waals surface area contributed by atoms with Gasteiger partial charge in [0.2, 0.25) is 5.91 Å². The molecule has 6 nitrogen and oxygen atoms in total. The number of nitrogens with zero attached hydrogens (tertiary/aromatic N) is 1. The molecular weight excluding hydrogens is 314 g/mol. The highest BCUT2D eigenvalue weighted by Gasteiger charge is 2.03. The van der Waals surface area contributed by atoms with Gasteiger partial charge in [0.15, 0.2) is 0 Å². The normalized spacial score (nSPS) is 11.2. The Morgan fingerprint density at radius 3 is 2.72 bits per heavy atom. The van der Waals surface area contributed by atoms with Crippen molar-refractivity contribution in [3.8, 4) is 0 Å². The summed E-state index contributed by atoms with van der Waals surface area (Å²) in [4.78, 5) is 18.5. The summed E-state index contributed by atoms with van der Waals surface area (Å²) in [6, 6.07) is 13.5. The van der Waals surface area contributed by atoms with Crippen LogP contribution in [0.25, 0.3) is 10.9 Å². The van der Waals surface area contributed by atoms with E-state index in [0.717, 1.165) is 28.9 Å². The van der Waals surface area contributed by atoms with Crippen molar-refractivity contribution in [3.05, 3.63) is 59.8 Å². The van der Waals surface area contributed by atoms with Crippen LogP contribution in [0.4, 0.5) is 11.4 Å². The number of primary amides is 1. The van der Waals surface area contributed by atoms with Gasteiger partial charge in [-0.25, -0.2) is 4.99 Å². The summed E-state index contributed by atoms with van der Waals surface area (Å²) in [5.41, 5.74) is 15.8. The number of nitrogens with one attached hydrogen (secondary N) is 2. The van der Waals surface area contributed by atoms with E-state index in [1.54, 1.807) is 6.34 Å². The lowest BCUT2D eigenvalue weighted by Gasteiger charge is -2.03. The van der Waals surface area contributed by atoms with Gasteiger partial charge in [-0.1, -0.05) is 12.1 Å². The number of amides is 1. The minimum atomic E-state index is -0.341. The standard InChI is InChI=1S/C19H21N5O/c20-8-7-14-11-22-18-6-5-16(10-17(14)18)24-12-23-15-3-1-13(2-4-15)9-19(21)25/h1-6,10-12,22H,7-9,20H2,(H2,21,25)(H,23,24). The molecule has 6 N–H and O–H groups in total. The molecule has 128 valence electrons. The highest BCUT2D eigenvalue weighted by Crippen LogP contribution is 2.22. The Balaban J connectivity index is 1.68. The Labute approximate surface area is 145 Å². The lowest BCUT2D eigenvalue weighted by Crippen LogP contribution is -2.13. The van der Waals surface area contributed by atoms with Crippen LogP contribution in [0.3, 0.4) is 0 Å². The Morgan fingerprint density at radius 2 is 2.00 bits per heavy atom. The SMILES string of the molecule is NCCc1c[nH]c2ccc(NC=Nc3ccc(CC(N)=O)cc3)cc12. The van der Waals surface area contributed by atoms with E-state index in [0.29, 0.717) is 6.54 Å². The number of rotatable bonds is 7. The van der Waals surface area contributed by atoms with Gasteiger partial charge in [-0.15, -0.1) is 0 Å². The molecule has 1 amide bonds. The number of fused-ring (bicyclic) bond motifs is 1. The Kier molecular flexibility index (Phi) is 5.11. The minimum absolute atomic E-state index is 0.240. The highest BCUT2D eigenvalue weighted by atomic mass is 16.1. The molecule has 2 aromatic carbocycles. The zero-order valence-corrected chi connectivity index (χ0v) is 13.8. The van der Waals surface area contributed by atoms with Crippen molar-refractivity contribution in [3.63, 3.8) is 0 Å². The van der Waals surface area contributed by atoms with Crippen LogP contribution in [0.5, 0.6) is 0 Å². The van der Waals surface area contributed by atoms with Crippen LogP contribution in [0, 0.1) is 0 Å². The second-order valence-corrected chi connectivity index (χ2v) is 5.83. The fourth-order valence-corrected chi connectivity index (χ4v) is 2.71. The summed E-state index contributed by atoms with van der Waals surface area (Å²) in [6.45, 7) is 0.623. The number of hydrogen-bond donors (Lipinski definition) is 4. The molecule has 3 rings (SSSR count). The number of hydrogen-bond acceptors (Lipinski definition) is 3. The number of benzene rings is 2. The smallest absolute Gasteiger partial charge is 0.221 e. The quantitative estimate of drug-likeness (QED) is 0.393. The number of aromatic nitrogens is 1. The molecule has 0 spiro atoms. The van der Waals surface area contributed by atoms with Gasteiger partial charge >= 0.3 is 0 Å². The first-order valence-corrected chi connectivity index (χ1v) is 8.12. The maximum atomic E-state index is 10.9. The molecular formula is C19H21N5O. The van der Waals surface area contributed by atoms with E-state index >= 15 is 0 Å². The summed E-state index contributed by atoms with van der Waals surface area (Å²) < 4.78 is 0. The molecule has 1 aromatic heterocycles. The number of anilines is 1. The van der Waals surface area contributed by atoms with Crippen molar-refractivity contribution >= 4 is 34.5 Å². The predicted molar refractivity (Wildman–Crippen MR) is 102 cm³/mol.